The van der Waals surface area contributed by atoms with Gasteiger partial charge in [-0.15, -0.1) is 0 Å². The lowest BCUT2D eigenvalue weighted by Gasteiger charge is -2.32. The zero-order chi connectivity index (χ0) is 20.8. The molecule has 0 aliphatic carbocycles. The lowest BCUT2D eigenvalue weighted by Crippen LogP contribution is -2.48. The Morgan fingerprint density at radius 3 is 1.53 bits per heavy atom. The Hall–Kier alpha value is -3.24. The molecule has 4 heteroatoms. The molecule has 2 amide bonds. The molecule has 2 aliphatic rings. The Morgan fingerprint density at radius 1 is 0.700 bits per heavy atom. The van der Waals surface area contributed by atoms with Gasteiger partial charge in [-0.05, 0) is 23.6 Å². The molecule has 30 heavy (non-hydrogen) atoms. The molecular formula is C26H23NO3. The quantitative estimate of drug-likeness (QED) is 0.474. The second kappa shape index (κ2) is 6.92. The van der Waals surface area contributed by atoms with E-state index in [9.17, 15) is 9.59 Å². The minimum absolute atomic E-state index is 0.131. The van der Waals surface area contributed by atoms with Gasteiger partial charge in [0.05, 0.1) is 6.04 Å². The Labute approximate surface area is 176 Å². The predicted octanol–water partition coefficient (Wildman–Crippen LogP) is 4.39. The van der Waals surface area contributed by atoms with Gasteiger partial charge in [-0.2, -0.15) is 0 Å². The summed E-state index contributed by atoms with van der Waals surface area (Å²) in [6, 6.07) is 29.6. The normalized spacial score (nSPS) is 23.4. The van der Waals surface area contributed by atoms with E-state index < -0.39 is 17.2 Å². The van der Waals surface area contributed by atoms with Gasteiger partial charge in [0, 0.05) is 12.8 Å². The highest BCUT2D eigenvalue weighted by atomic mass is 16.6. The van der Waals surface area contributed by atoms with E-state index in [1.54, 1.807) is 0 Å². The van der Waals surface area contributed by atoms with E-state index in [1.807, 2.05) is 73.7 Å². The summed E-state index contributed by atoms with van der Waals surface area (Å²) < 4.78 is 6.78. The van der Waals surface area contributed by atoms with Crippen LogP contribution < -0.4 is 0 Å². The molecule has 3 aromatic carbocycles. The fourth-order valence-corrected chi connectivity index (χ4v) is 5.05. The second-order valence-electron chi connectivity index (χ2n) is 7.95. The van der Waals surface area contributed by atoms with Crippen LogP contribution in [0.1, 0.15) is 36.5 Å². The summed E-state index contributed by atoms with van der Waals surface area (Å²) in [5, 5.41) is 0. The van der Waals surface area contributed by atoms with Crippen molar-refractivity contribution in [2.45, 2.75) is 37.0 Å². The SMILES string of the molecule is CC(N1C(=O)CCC1=O)C1(c2ccccc2)OC1(c1ccccc1)c1ccccc1. The average Bonchev–Trinajstić information content (AvgIpc) is 3.42. The molecule has 2 fully saturated rings. The van der Waals surface area contributed by atoms with E-state index >= 15 is 0 Å². The lowest BCUT2D eigenvalue weighted by atomic mass is 9.73. The third-order valence-electron chi connectivity index (χ3n) is 6.42. The highest BCUT2D eigenvalue weighted by Gasteiger charge is 2.76. The summed E-state index contributed by atoms with van der Waals surface area (Å²) in [6.45, 7) is 1.93. The first-order chi connectivity index (χ1) is 14.6. The van der Waals surface area contributed by atoms with Gasteiger partial charge in [0.25, 0.3) is 0 Å². The second-order valence-corrected chi connectivity index (χ2v) is 7.95. The zero-order valence-corrected chi connectivity index (χ0v) is 16.8. The number of hydrogen-bond donors (Lipinski definition) is 0. The Morgan fingerprint density at radius 2 is 1.10 bits per heavy atom. The molecule has 3 aromatic rings. The van der Waals surface area contributed by atoms with Crippen LogP contribution in [0, 0.1) is 0 Å². The fraction of sp³-hybridized carbons (Fsp3) is 0.231. The van der Waals surface area contributed by atoms with Crippen molar-refractivity contribution in [3.8, 4) is 0 Å². The van der Waals surface area contributed by atoms with Crippen LogP contribution in [0.15, 0.2) is 91.0 Å². The first-order valence-corrected chi connectivity index (χ1v) is 10.3. The number of ether oxygens (including phenoxy) is 1. The molecule has 2 unspecified atom stereocenters. The molecule has 0 saturated carbocycles. The van der Waals surface area contributed by atoms with Crippen LogP contribution in [0.5, 0.6) is 0 Å². The van der Waals surface area contributed by atoms with Gasteiger partial charge >= 0.3 is 0 Å². The van der Waals surface area contributed by atoms with Crippen molar-refractivity contribution in [3.63, 3.8) is 0 Å². The zero-order valence-electron chi connectivity index (χ0n) is 16.8. The van der Waals surface area contributed by atoms with Crippen molar-refractivity contribution >= 4 is 11.8 Å². The van der Waals surface area contributed by atoms with Gasteiger partial charge in [-0.1, -0.05) is 91.0 Å². The summed E-state index contributed by atoms with van der Waals surface area (Å²) in [5.74, 6) is -0.262. The van der Waals surface area contributed by atoms with Crippen LogP contribution in [0.25, 0.3) is 0 Å². The van der Waals surface area contributed by atoms with Gasteiger partial charge in [0.1, 0.15) is 0 Å². The smallest absolute Gasteiger partial charge is 0.230 e. The molecule has 0 radical (unpaired) electrons. The molecule has 150 valence electrons. The van der Waals surface area contributed by atoms with Crippen molar-refractivity contribution in [1.82, 2.24) is 4.90 Å². The first-order valence-electron chi connectivity index (χ1n) is 10.3. The topological polar surface area (TPSA) is 49.9 Å². The molecule has 0 N–H and O–H groups in total. The molecule has 0 bridgehead atoms. The van der Waals surface area contributed by atoms with Crippen LogP contribution in [-0.4, -0.2) is 22.8 Å². The third kappa shape index (κ3) is 2.50. The highest BCUT2D eigenvalue weighted by Crippen LogP contribution is 2.68. The summed E-state index contributed by atoms with van der Waals surface area (Å²) in [4.78, 5) is 26.7. The predicted molar refractivity (Wildman–Crippen MR) is 113 cm³/mol. The minimum Gasteiger partial charge on any atom is -0.345 e. The number of likely N-dealkylation sites (tertiary alicyclic amines) is 1. The van der Waals surface area contributed by atoms with Crippen LogP contribution in [0.3, 0.4) is 0 Å². The fourth-order valence-electron chi connectivity index (χ4n) is 5.05. The van der Waals surface area contributed by atoms with Gasteiger partial charge < -0.3 is 4.74 Å². The summed E-state index contributed by atoms with van der Waals surface area (Å²) in [6.07, 6.45) is 0.523. The molecule has 0 aromatic heterocycles. The summed E-state index contributed by atoms with van der Waals surface area (Å²) in [7, 11) is 0. The Bertz CT molecular complexity index is 1030. The molecule has 0 spiro atoms. The number of carbonyl (C=O) groups is 2. The Balaban J connectivity index is 1.75. The van der Waals surface area contributed by atoms with Crippen molar-refractivity contribution in [2.75, 3.05) is 0 Å². The van der Waals surface area contributed by atoms with Gasteiger partial charge in [0.2, 0.25) is 11.8 Å². The maximum absolute atomic E-state index is 12.7. The third-order valence-corrected chi connectivity index (χ3v) is 6.42. The molecule has 2 aliphatic heterocycles. The molecular weight excluding hydrogens is 374 g/mol. The first kappa shape index (κ1) is 18.8. The lowest BCUT2D eigenvalue weighted by molar-refractivity contribution is -0.142. The van der Waals surface area contributed by atoms with Crippen LogP contribution in [0.2, 0.25) is 0 Å². The van der Waals surface area contributed by atoms with Crippen LogP contribution in [0.4, 0.5) is 0 Å². The maximum Gasteiger partial charge on any atom is 0.230 e. The molecule has 2 heterocycles. The van der Waals surface area contributed by atoms with Crippen molar-refractivity contribution in [2.24, 2.45) is 0 Å². The standard InChI is InChI=1S/C26H23NO3/c1-19(27-23(28)17-18-24(27)29)25(20-11-5-2-6-12-20)26(30-25,21-13-7-3-8-14-21)22-15-9-4-10-16-22/h2-16,19H,17-18H2,1H3. The van der Waals surface area contributed by atoms with E-state index in [2.05, 4.69) is 24.3 Å². The van der Waals surface area contributed by atoms with E-state index in [0.717, 1.165) is 16.7 Å². The van der Waals surface area contributed by atoms with E-state index in [0.29, 0.717) is 0 Å². The van der Waals surface area contributed by atoms with E-state index in [1.165, 1.54) is 4.90 Å². The van der Waals surface area contributed by atoms with E-state index in [-0.39, 0.29) is 24.7 Å². The highest BCUT2D eigenvalue weighted by molar-refractivity contribution is 6.02. The molecule has 4 nitrogen and oxygen atoms in total. The van der Waals surface area contributed by atoms with Crippen LogP contribution in [-0.2, 0) is 25.5 Å². The average molecular weight is 397 g/mol. The van der Waals surface area contributed by atoms with Gasteiger partial charge in [-0.25, -0.2) is 0 Å². The summed E-state index contributed by atoms with van der Waals surface area (Å²) in [5.41, 5.74) is 1.31. The number of hydrogen-bond acceptors (Lipinski definition) is 3. The number of imide groups is 1. The van der Waals surface area contributed by atoms with E-state index in [4.69, 9.17) is 4.74 Å². The van der Waals surface area contributed by atoms with Crippen molar-refractivity contribution < 1.29 is 14.3 Å². The van der Waals surface area contributed by atoms with Crippen LogP contribution >= 0.6 is 0 Å². The minimum atomic E-state index is -0.868. The monoisotopic (exact) mass is 397 g/mol. The molecule has 2 atom stereocenters. The number of nitrogens with zero attached hydrogens (tertiary/aromatic N) is 1. The number of benzene rings is 3. The largest absolute Gasteiger partial charge is 0.345 e. The number of epoxide rings is 1. The Kier molecular flexibility index (Phi) is 4.33. The van der Waals surface area contributed by atoms with Gasteiger partial charge in [-0.3, -0.25) is 14.5 Å². The number of rotatable bonds is 5. The van der Waals surface area contributed by atoms with Crippen molar-refractivity contribution in [3.05, 3.63) is 108 Å². The number of carbonyl (C=O) groups excluding carboxylic acids is 2. The molecule has 5 rings (SSSR count). The summed E-state index contributed by atoms with van der Waals surface area (Å²) >= 11 is 0. The maximum atomic E-state index is 12.7. The number of amides is 2. The van der Waals surface area contributed by atoms with Crippen molar-refractivity contribution in [1.29, 1.82) is 0 Å². The molecule has 2 saturated heterocycles. The van der Waals surface area contributed by atoms with Gasteiger partial charge in [0.15, 0.2) is 11.2 Å².